The maximum Gasteiger partial charge on any atom is 0.314 e. The zero-order valence-corrected chi connectivity index (χ0v) is 16.5. The topological polar surface area (TPSA) is 129 Å². The third-order valence-corrected chi connectivity index (χ3v) is 5.69. The first-order valence-electron chi connectivity index (χ1n) is 8.46. The van der Waals surface area contributed by atoms with Crippen LogP contribution in [-0.4, -0.2) is 57.1 Å². The minimum absolute atomic E-state index is 0.0443. The van der Waals surface area contributed by atoms with Gasteiger partial charge in [-0.2, -0.15) is 5.10 Å². The van der Waals surface area contributed by atoms with Crippen molar-refractivity contribution in [2.45, 2.75) is 17.8 Å². The van der Waals surface area contributed by atoms with Crippen LogP contribution < -0.4 is 10.6 Å². The summed E-state index contributed by atoms with van der Waals surface area (Å²) in [5, 5.41) is 8.99. The highest BCUT2D eigenvalue weighted by Crippen LogP contribution is 2.32. The Morgan fingerprint density at radius 2 is 1.83 bits per heavy atom. The van der Waals surface area contributed by atoms with Gasteiger partial charge in [-0.3, -0.25) is 9.59 Å². The van der Waals surface area contributed by atoms with Crippen molar-refractivity contribution in [3.8, 4) is 5.69 Å². The molecule has 0 atom stereocenters. The van der Waals surface area contributed by atoms with Crippen molar-refractivity contribution in [2.24, 2.45) is 0 Å². The number of nitrogens with one attached hydrogen (secondary N) is 2. The van der Waals surface area contributed by atoms with Crippen LogP contribution >= 0.6 is 0 Å². The number of ether oxygens (including phenoxy) is 2. The van der Waals surface area contributed by atoms with Crippen LogP contribution in [-0.2, 0) is 40.4 Å². The number of rotatable bonds is 6. The first-order chi connectivity index (χ1) is 13.7. The molecule has 0 bridgehead atoms. The normalized spacial score (nSPS) is 14.6. The number of benzene rings is 1. The van der Waals surface area contributed by atoms with Crippen molar-refractivity contribution in [2.75, 3.05) is 26.1 Å². The summed E-state index contributed by atoms with van der Waals surface area (Å²) in [5.41, 5.74) is 0.957. The van der Waals surface area contributed by atoms with E-state index >= 15 is 0 Å². The lowest BCUT2D eigenvalue weighted by Crippen LogP contribution is -2.40. The quantitative estimate of drug-likeness (QED) is 0.496. The Hall–Kier alpha value is -2.83. The molecule has 156 valence electrons. The van der Waals surface area contributed by atoms with Crippen LogP contribution in [0, 0.1) is 5.82 Å². The Morgan fingerprint density at radius 1 is 1.17 bits per heavy atom. The predicted octanol–water partition coefficient (Wildman–Crippen LogP) is 0.113. The molecule has 0 fully saturated rings. The van der Waals surface area contributed by atoms with E-state index in [0.717, 1.165) is 0 Å². The first kappa shape index (κ1) is 20.9. The molecule has 0 aliphatic carbocycles. The summed E-state index contributed by atoms with van der Waals surface area (Å²) in [6, 6.07) is 5.24. The number of hydrogen-bond acceptors (Lipinski definition) is 7. The number of halogens is 1. The maximum absolute atomic E-state index is 13.2. The summed E-state index contributed by atoms with van der Waals surface area (Å²) >= 11 is 0. The molecule has 0 saturated carbocycles. The van der Waals surface area contributed by atoms with Crippen molar-refractivity contribution in [3.63, 3.8) is 0 Å². The van der Waals surface area contributed by atoms with Gasteiger partial charge < -0.3 is 20.1 Å². The van der Waals surface area contributed by atoms with E-state index in [2.05, 4.69) is 15.7 Å². The van der Waals surface area contributed by atoms with E-state index in [1.54, 1.807) is 0 Å². The molecular weight excluding hydrogens is 407 g/mol. The van der Waals surface area contributed by atoms with Gasteiger partial charge in [-0.15, -0.1) is 0 Å². The molecule has 1 aliphatic rings. The highest BCUT2D eigenvalue weighted by Gasteiger charge is 2.34. The van der Waals surface area contributed by atoms with E-state index < -0.39 is 33.8 Å². The molecule has 2 aromatic rings. The van der Waals surface area contributed by atoms with Gasteiger partial charge in [-0.05, 0) is 24.3 Å². The summed E-state index contributed by atoms with van der Waals surface area (Å²) in [4.78, 5) is 24.4. The summed E-state index contributed by atoms with van der Waals surface area (Å²) in [6.45, 7) is -0.0665. The van der Waals surface area contributed by atoms with Crippen LogP contribution in [0.4, 0.5) is 10.2 Å². The van der Waals surface area contributed by atoms with Crippen LogP contribution in [0.5, 0.6) is 0 Å². The number of carbonyl (C=O) groups excluding carboxylic acids is 2. The Kier molecular flexibility index (Phi) is 5.96. The molecule has 0 saturated heterocycles. The molecule has 0 unspecified atom stereocenters. The van der Waals surface area contributed by atoms with Crippen molar-refractivity contribution in [1.82, 2.24) is 15.1 Å². The first-order valence-corrected chi connectivity index (χ1v) is 10.3. The second kappa shape index (κ2) is 8.27. The Morgan fingerprint density at radius 3 is 2.45 bits per heavy atom. The van der Waals surface area contributed by atoms with E-state index in [4.69, 9.17) is 9.47 Å². The summed E-state index contributed by atoms with van der Waals surface area (Å²) in [7, 11) is -0.635. The molecule has 1 aromatic carbocycles. The van der Waals surface area contributed by atoms with Crippen LogP contribution in [0.2, 0.25) is 0 Å². The number of aromatic nitrogens is 2. The van der Waals surface area contributed by atoms with Gasteiger partial charge in [0.1, 0.15) is 11.6 Å². The van der Waals surface area contributed by atoms with Gasteiger partial charge in [0.2, 0.25) is 0 Å². The van der Waals surface area contributed by atoms with Crippen LogP contribution in [0.3, 0.4) is 0 Å². The fourth-order valence-corrected chi connectivity index (χ4v) is 4.32. The highest BCUT2D eigenvalue weighted by molar-refractivity contribution is 7.90. The second-order valence-corrected chi connectivity index (χ2v) is 8.32. The number of sulfone groups is 1. The van der Waals surface area contributed by atoms with Gasteiger partial charge in [0.15, 0.2) is 16.1 Å². The minimum atomic E-state index is -3.40. The molecule has 0 spiro atoms. The molecular formula is C17H19FN4O6S. The van der Waals surface area contributed by atoms with E-state index in [1.807, 2.05) is 0 Å². The maximum atomic E-state index is 13.2. The number of amides is 2. The summed E-state index contributed by atoms with van der Waals surface area (Å²) in [6.07, 6.45) is -0.731. The average Bonchev–Trinajstić information content (AvgIpc) is 3.15. The average molecular weight is 426 g/mol. The number of fused-ring (bicyclic) bond motifs is 1. The third-order valence-electron chi connectivity index (χ3n) is 4.25. The van der Waals surface area contributed by atoms with E-state index in [-0.39, 0.29) is 29.6 Å². The standard InChI is InChI=1S/C17H19FN4O6S/c1-27-14(28-2)7-19-16(23)17(24)20-15-12-8-29(25,26)9-13(12)21-22(15)11-5-3-10(18)4-6-11/h3-6,14H,7-9H2,1-2H3,(H,19,23)(H,20,24). The number of carbonyl (C=O) groups is 2. The second-order valence-electron chi connectivity index (χ2n) is 6.26. The molecule has 3 rings (SSSR count). The minimum Gasteiger partial charge on any atom is -0.354 e. The van der Waals surface area contributed by atoms with Crippen LogP contribution in [0.15, 0.2) is 24.3 Å². The molecule has 1 aliphatic heterocycles. The highest BCUT2D eigenvalue weighted by atomic mass is 32.2. The zero-order chi connectivity index (χ0) is 21.2. The lowest BCUT2D eigenvalue weighted by Gasteiger charge is -2.14. The summed E-state index contributed by atoms with van der Waals surface area (Å²) in [5.74, 6) is -3.02. The molecule has 0 radical (unpaired) electrons. The van der Waals surface area contributed by atoms with Gasteiger partial charge >= 0.3 is 11.8 Å². The number of anilines is 1. The van der Waals surface area contributed by atoms with Gasteiger partial charge in [0.25, 0.3) is 0 Å². The SMILES string of the molecule is COC(CNC(=O)C(=O)Nc1c2c(nn1-c1ccc(F)cc1)CS(=O)(=O)C2)OC. The number of nitrogens with zero attached hydrogens (tertiary/aromatic N) is 2. The molecule has 2 amide bonds. The molecule has 1 aromatic heterocycles. The van der Waals surface area contributed by atoms with E-state index in [9.17, 15) is 22.4 Å². The molecule has 2 N–H and O–H groups in total. The van der Waals surface area contributed by atoms with Crippen LogP contribution in [0.1, 0.15) is 11.3 Å². The third kappa shape index (κ3) is 4.60. The largest absolute Gasteiger partial charge is 0.354 e. The van der Waals surface area contributed by atoms with Crippen LogP contribution in [0.25, 0.3) is 5.69 Å². The predicted molar refractivity (Wildman–Crippen MR) is 99.3 cm³/mol. The molecule has 29 heavy (non-hydrogen) atoms. The monoisotopic (exact) mass is 426 g/mol. The molecule has 2 heterocycles. The smallest absolute Gasteiger partial charge is 0.314 e. The lowest BCUT2D eigenvalue weighted by atomic mass is 10.2. The van der Waals surface area contributed by atoms with Crippen molar-refractivity contribution in [3.05, 3.63) is 41.3 Å². The Bertz CT molecular complexity index is 1030. The molecule has 10 nitrogen and oxygen atoms in total. The van der Waals surface area contributed by atoms with Crippen molar-refractivity contribution in [1.29, 1.82) is 0 Å². The van der Waals surface area contributed by atoms with Gasteiger partial charge in [0, 0.05) is 19.8 Å². The number of methoxy groups -OCH3 is 2. The summed E-state index contributed by atoms with van der Waals surface area (Å²) < 4.78 is 48.2. The Labute approximate surface area is 165 Å². The molecule has 12 heteroatoms. The number of hydrogen-bond donors (Lipinski definition) is 2. The Balaban J connectivity index is 1.86. The van der Waals surface area contributed by atoms with Gasteiger partial charge in [-0.1, -0.05) is 0 Å². The van der Waals surface area contributed by atoms with Crippen molar-refractivity contribution < 1.29 is 31.9 Å². The van der Waals surface area contributed by atoms with E-state index in [0.29, 0.717) is 11.3 Å². The zero-order valence-electron chi connectivity index (χ0n) is 15.6. The van der Waals surface area contributed by atoms with Crippen molar-refractivity contribution >= 4 is 27.5 Å². The fraction of sp³-hybridized carbons (Fsp3) is 0.353. The fourth-order valence-electron chi connectivity index (χ4n) is 2.82. The van der Waals surface area contributed by atoms with Gasteiger partial charge in [0.05, 0.1) is 29.4 Å². The van der Waals surface area contributed by atoms with Gasteiger partial charge in [-0.25, -0.2) is 17.5 Å². The van der Waals surface area contributed by atoms with E-state index in [1.165, 1.54) is 43.2 Å². The lowest BCUT2D eigenvalue weighted by molar-refractivity contribution is -0.139.